The summed E-state index contributed by atoms with van der Waals surface area (Å²) in [7, 11) is -3.13. The van der Waals surface area contributed by atoms with Gasteiger partial charge in [0, 0.05) is 36.0 Å². The number of rotatable bonds is 4. The average Bonchev–Trinajstić information content (AvgIpc) is 2.70. The van der Waals surface area contributed by atoms with Crippen LogP contribution in [0.3, 0.4) is 0 Å². The van der Waals surface area contributed by atoms with Crippen LogP contribution in [-0.2, 0) is 19.4 Å². The molecule has 0 saturated heterocycles. The van der Waals surface area contributed by atoms with Gasteiger partial charge in [-0.3, -0.25) is 9.59 Å². The highest BCUT2D eigenvalue weighted by Gasteiger charge is 2.23. The van der Waals surface area contributed by atoms with Gasteiger partial charge in [0.2, 0.25) is 11.8 Å². The highest BCUT2D eigenvalue weighted by Crippen LogP contribution is 2.19. The predicted octanol–water partition coefficient (Wildman–Crippen LogP) is 1.53. The number of sulfone groups is 1. The van der Waals surface area contributed by atoms with E-state index >= 15 is 0 Å². The summed E-state index contributed by atoms with van der Waals surface area (Å²) in [5, 5.41) is 6.48. The SMILES string of the molecule is CC(=O)Nc1ccc(NC(=O)CC2C=CS(=O)(=O)C2)cc1. The summed E-state index contributed by atoms with van der Waals surface area (Å²) >= 11 is 0. The Morgan fingerprint density at radius 3 is 2.19 bits per heavy atom. The molecule has 21 heavy (non-hydrogen) atoms. The van der Waals surface area contributed by atoms with Crippen molar-refractivity contribution in [2.45, 2.75) is 13.3 Å². The van der Waals surface area contributed by atoms with Crippen LogP contribution in [0.2, 0.25) is 0 Å². The molecule has 0 saturated carbocycles. The number of allylic oxidation sites excluding steroid dienone is 1. The van der Waals surface area contributed by atoms with Crippen LogP contribution >= 0.6 is 0 Å². The zero-order valence-corrected chi connectivity index (χ0v) is 12.3. The second kappa shape index (κ2) is 6.09. The molecule has 0 radical (unpaired) electrons. The Morgan fingerprint density at radius 2 is 1.71 bits per heavy atom. The summed E-state index contributed by atoms with van der Waals surface area (Å²) in [5.74, 6) is -0.689. The third-order valence-electron chi connectivity index (χ3n) is 2.94. The minimum absolute atomic E-state index is 0.0120. The van der Waals surface area contributed by atoms with Gasteiger partial charge < -0.3 is 10.6 Å². The van der Waals surface area contributed by atoms with Crippen molar-refractivity contribution in [3.8, 4) is 0 Å². The number of carbonyl (C=O) groups is 2. The molecule has 2 N–H and O–H groups in total. The van der Waals surface area contributed by atoms with E-state index in [1.807, 2.05) is 0 Å². The van der Waals surface area contributed by atoms with Crippen LogP contribution in [0, 0.1) is 5.92 Å². The molecule has 0 bridgehead atoms. The van der Waals surface area contributed by atoms with Crippen molar-refractivity contribution in [1.82, 2.24) is 0 Å². The Kier molecular flexibility index (Phi) is 4.42. The Bertz CT molecular complexity index is 677. The van der Waals surface area contributed by atoms with E-state index < -0.39 is 9.84 Å². The van der Waals surface area contributed by atoms with Crippen molar-refractivity contribution in [3.63, 3.8) is 0 Å². The van der Waals surface area contributed by atoms with Gasteiger partial charge in [0.1, 0.15) is 0 Å². The number of benzene rings is 1. The standard InChI is InChI=1S/C14H16N2O4S/c1-10(17)15-12-2-4-13(5-3-12)16-14(18)8-11-6-7-21(19,20)9-11/h2-7,11H,8-9H2,1H3,(H,15,17)(H,16,18). The number of nitrogens with one attached hydrogen (secondary N) is 2. The molecule has 1 aromatic carbocycles. The molecule has 6 nitrogen and oxygen atoms in total. The third-order valence-corrected chi connectivity index (χ3v) is 4.41. The summed E-state index contributed by atoms with van der Waals surface area (Å²) in [6.07, 6.45) is 1.68. The van der Waals surface area contributed by atoms with Gasteiger partial charge in [-0.1, -0.05) is 6.08 Å². The molecule has 112 valence electrons. The van der Waals surface area contributed by atoms with Crippen molar-refractivity contribution in [1.29, 1.82) is 0 Å². The fraction of sp³-hybridized carbons (Fsp3) is 0.286. The highest BCUT2D eigenvalue weighted by molar-refractivity contribution is 7.94. The number of amides is 2. The van der Waals surface area contributed by atoms with Crippen molar-refractivity contribution < 1.29 is 18.0 Å². The largest absolute Gasteiger partial charge is 0.326 e. The Hall–Kier alpha value is -2.15. The number of carbonyl (C=O) groups excluding carboxylic acids is 2. The lowest BCUT2D eigenvalue weighted by Gasteiger charge is -2.09. The highest BCUT2D eigenvalue weighted by atomic mass is 32.2. The number of hydrogen-bond acceptors (Lipinski definition) is 4. The van der Waals surface area contributed by atoms with Crippen LogP contribution < -0.4 is 10.6 Å². The molecule has 1 atom stereocenters. The van der Waals surface area contributed by atoms with Crippen LogP contribution in [0.25, 0.3) is 0 Å². The van der Waals surface area contributed by atoms with E-state index in [1.54, 1.807) is 30.3 Å². The fourth-order valence-corrected chi connectivity index (χ4v) is 3.46. The molecule has 1 aliphatic heterocycles. The molecule has 0 aliphatic carbocycles. The first-order valence-electron chi connectivity index (χ1n) is 6.42. The Balaban J connectivity index is 1.88. The number of hydrogen-bond donors (Lipinski definition) is 2. The monoisotopic (exact) mass is 308 g/mol. The summed E-state index contributed by atoms with van der Waals surface area (Å²) in [6, 6.07) is 6.70. The quantitative estimate of drug-likeness (QED) is 0.882. The maximum Gasteiger partial charge on any atom is 0.224 e. The minimum atomic E-state index is -3.13. The number of anilines is 2. The van der Waals surface area contributed by atoms with Crippen molar-refractivity contribution in [2.75, 3.05) is 16.4 Å². The van der Waals surface area contributed by atoms with Crippen molar-refractivity contribution >= 4 is 33.0 Å². The maximum atomic E-state index is 11.8. The summed E-state index contributed by atoms with van der Waals surface area (Å²) in [6.45, 7) is 1.42. The third kappa shape index (κ3) is 4.71. The average molecular weight is 308 g/mol. The molecular formula is C14H16N2O4S. The van der Waals surface area contributed by atoms with E-state index in [0.29, 0.717) is 11.4 Å². The van der Waals surface area contributed by atoms with Gasteiger partial charge >= 0.3 is 0 Å². The molecule has 1 aliphatic rings. The zero-order chi connectivity index (χ0) is 15.5. The van der Waals surface area contributed by atoms with Crippen molar-refractivity contribution in [3.05, 3.63) is 35.7 Å². The van der Waals surface area contributed by atoms with Gasteiger partial charge in [0.25, 0.3) is 0 Å². The van der Waals surface area contributed by atoms with Gasteiger partial charge in [-0.05, 0) is 24.3 Å². The van der Waals surface area contributed by atoms with Crippen LogP contribution in [0.5, 0.6) is 0 Å². The van der Waals surface area contributed by atoms with E-state index in [9.17, 15) is 18.0 Å². The van der Waals surface area contributed by atoms with Crippen molar-refractivity contribution in [2.24, 2.45) is 5.92 Å². The molecule has 7 heteroatoms. The van der Waals surface area contributed by atoms with E-state index in [-0.39, 0.29) is 29.9 Å². The van der Waals surface area contributed by atoms with Gasteiger partial charge in [-0.15, -0.1) is 0 Å². The lowest BCUT2D eigenvalue weighted by Crippen LogP contribution is -2.17. The molecule has 1 heterocycles. The van der Waals surface area contributed by atoms with Gasteiger partial charge in [-0.2, -0.15) is 0 Å². The first-order valence-corrected chi connectivity index (χ1v) is 8.14. The summed E-state index contributed by atoms with van der Waals surface area (Å²) in [4.78, 5) is 22.7. The lowest BCUT2D eigenvalue weighted by atomic mass is 10.1. The lowest BCUT2D eigenvalue weighted by molar-refractivity contribution is -0.116. The zero-order valence-electron chi connectivity index (χ0n) is 11.5. The molecule has 0 aromatic heterocycles. The van der Waals surface area contributed by atoms with Crippen LogP contribution in [0.15, 0.2) is 35.7 Å². The topological polar surface area (TPSA) is 92.3 Å². The molecule has 2 amide bonds. The molecule has 0 spiro atoms. The van der Waals surface area contributed by atoms with E-state index in [4.69, 9.17) is 0 Å². The van der Waals surface area contributed by atoms with Crippen LogP contribution in [0.1, 0.15) is 13.3 Å². The predicted molar refractivity (Wildman–Crippen MR) is 80.4 cm³/mol. The molecular weight excluding hydrogens is 292 g/mol. The first-order chi connectivity index (χ1) is 9.84. The molecule has 2 rings (SSSR count). The second-order valence-corrected chi connectivity index (χ2v) is 6.86. The minimum Gasteiger partial charge on any atom is -0.326 e. The van der Waals surface area contributed by atoms with Gasteiger partial charge in [0.05, 0.1) is 5.75 Å². The summed E-state index contributed by atoms with van der Waals surface area (Å²) in [5.41, 5.74) is 1.24. The Labute approximate surface area is 123 Å². The van der Waals surface area contributed by atoms with E-state index in [1.165, 1.54) is 6.92 Å². The van der Waals surface area contributed by atoms with Crippen LogP contribution in [0.4, 0.5) is 11.4 Å². The molecule has 1 aromatic rings. The van der Waals surface area contributed by atoms with Crippen LogP contribution in [-0.4, -0.2) is 26.0 Å². The maximum absolute atomic E-state index is 11.8. The smallest absolute Gasteiger partial charge is 0.224 e. The van der Waals surface area contributed by atoms with Gasteiger partial charge in [-0.25, -0.2) is 8.42 Å². The fourth-order valence-electron chi connectivity index (χ4n) is 2.06. The van der Waals surface area contributed by atoms with Gasteiger partial charge in [0.15, 0.2) is 9.84 Å². The second-order valence-electron chi connectivity index (χ2n) is 4.93. The Morgan fingerprint density at radius 1 is 1.14 bits per heavy atom. The van der Waals surface area contributed by atoms with E-state index in [0.717, 1.165) is 5.41 Å². The normalized spacial score (nSPS) is 19.2. The molecule has 0 fully saturated rings. The van der Waals surface area contributed by atoms with E-state index in [2.05, 4.69) is 10.6 Å². The summed E-state index contributed by atoms with van der Waals surface area (Å²) < 4.78 is 22.5. The molecule has 1 unspecified atom stereocenters. The first kappa shape index (κ1) is 15.2.